The van der Waals surface area contributed by atoms with Crippen LogP contribution >= 0.6 is 11.3 Å². The Balaban J connectivity index is 1.30. The van der Waals surface area contributed by atoms with Crippen molar-refractivity contribution in [3.63, 3.8) is 0 Å². The minimum atomic E-state index is -0.304. The molecule has 4 atom stereocenters. The Kier molecular flexibility index (Phi) is 5.20. The van der Waals surface area contributed by atoms with Gasteiger partial charge in [0, 0.05) is 19.0 Å². The van der Waals surface area contributed by atoms with E-state index in [1.54, 1.807) is 11.2 Å². The lowest BCUT2D eigenvalue weighted by Gasteiger charge is -2.42. The second-order valence-corrected chi connectivity index (χ2v) is 9.08. The van der Waals surface area contributed by atoms with Crippen molar-refractivity contribution in [2.24, 2.45) is 11.8 Å². The largest absolute Gasteiger partial charge is 0.496 e. The van der Waals surface area contributed by atoms with Gasteiger partial charge in [-0.2, -0.15) is 0 Å². The molecule has 4 unspecified atom stereocenters. The molecule has 3 aliphatic rings. The van der Waals surface area contributed by atoms with Crippen molar-refractivity contribution < 1.29 is 23.8 Å². The average molecular weight is 429 g/mol. The molecule has 1 saturated carbocycles. The van der Waals surface area contributed by atoms with Crippen LogP contribution in [0.3, 0.4) is 0 Å². The Labute approximate surface area is 178 Å². The topological polar surface area (TPSA) is 78.0 Å². The van der Waals surface area contributed by atoms with Gasteiger partial charge in [0.1, 0.15) is 17.2 Å². The predicted octanol–water partition coefficient (Wildman–Crippen LogP) is 3.49. The van der Waals surface area contributed by atoms with Crippen molar-refractivity contribution in [1.82, 2.24) is 9.88 Å². The number of Topliss-reactive ketones (excluding diaryl/α,β-unsaturated/α-hetero) is 1. The summed E-state index contributed by atoms with van der Waals surface area (Å²) in [6.45, 7) is 4.18. The van der Waals surface area contributed by atoms with Gasteiger partial charge in [-0.1, -0.05) is 19.1 Å². The van der Waals surface area contributed by atoms with Gasteiger partial charge >= 0.3 is 6.09 Å². The van der Waals surface area contributed by atoms with Gasteiger partial charge in [-0.15, -0.1) is 11.3 Å². The molecule has 0 spiro atoms. The third-order valence-corrected chi connectivity index (χ3v) is 7.32. The summed E-state index contributed by atoms with van der Waals surface area (Å²) < 4.78 is 18.2. The maximum Gasteiger partial charge on any atom is 0.410 e. The van der Waals surface area contributed by atoms with Gasteiger partial charge in [-0.25, -0.2) is 9.78 Å². The van der Waals surface area contributed by atoms with Crippen molar-refractivity contribution in [3.8, 4) is 0 Å². The molecule has 1 amide bonds. The van der Waals surface area contributed by atoms with E-state index in [2.05, 4.69) is 4.98 Å². The summed E-state index contributed by atoms with van der Waals surface area (Å²) >= 11 is 1.51. The Bertz CT molecular complexity index is 963. The molecule has 1 aromatic carbocycles. The van der Waals surface area contributed by atoms with Crippen LogP contribution in [0.25, 0.3) is 15.8 Å². The van der Waals surface area contributed by atoms with Crippen molar-refractivity contribution in [1.29, 1.82) is 0 Å². The molecule has 2 fully saturated rings. The van der Waals surface area contributed by atoms with E-state index < -0.39 is 0 Å². The molecule has 158 valence electrons. The van der Waals surface area contributed by atoms with Gasteiger partial charge in [-0.3, -0.25) is 4.79 Å². The minimum absolute atomic E-state index is 0.0640. The molecule has 30 heavy (non-hydrogen) atoms. The maximum atomic E-state index is 13.2. The van der Waals surface area contributed by atoms with Crippen molar-refractivity contribution in [2.75, 3.05) is 26.3 Å². The summed E-state index contributed by atoms with van der Waals surface area (Å²) in [5.41, 5.74) is 1.44. The lowest BCUT2D eigenvalue weighted by Crippen LogP contribution is -2.50. The van der Waals surface area contributed by atoms with Crippen LogP contribution in [0.5, 0.6) is 0 Å². The number of ketones is 1. The first-order valence-electron chi connectivity index (χ1n) is 10.4. The summed E-state index contributed by atoms with van der Waals surface area (Å²) in [7, 11) is 0. The van der Waals surface area contributed by atoms with E-state index in [0.29, 0.717) is 49.7 Å². The number of hydrogen-bond donors (Lipinski definition) is 0. The Hall–Kier alpha value is -2.45. The number of ether oxygens (including phenoxy) is 3. The Morgan fingerprint density at radius 2 is 2.03 bits per heavy atom. The number of allylic oxidation sites excluding steroid dienone is 1. The van der Waals surface area contributed by atoms with E-state index in [9.17, 15) is 9.59 Å². The van der Waals surface area contributed by atoms with Gasteiger partial charge in [-0.05, 0) is 25.0 Å². The van der Waals surface area contributed by atoms with Crippen molar-refractivity contribution in [2.45, 2.75) is 32.0 Å². The summed E-state index contributed by atoms with van der Waals surface area (Å²) in [4.78, 5) is 32.0. The molecule has 8 heteroatoms. The summed E-state index contributed by atoms with van der Waals surface area (Å²) in [6, 6.07) is 7.86. The SMILES string of the molecule is CC1C(OC(=O)N2CCOCC2)CCC2C(=O)C(c3nc4ccccc4s3)=COC21. The van der Waals surface area contributed by atoms with E-state index in [1.807, 2.05) is 31.2 Å². The highest BCUT2D eigenvalue weighted by atomic mass is 32.1. The molecule has 7 nitrogen and oxygen atoms in total. The van der Waals surface area contributed by atoms with Gasteiger partial charge in [0.15, 0.2) is 5.78 Å². The molecule has 1 saturated heterocycles. The zero-order valence-corrected chi connectivity index (χ0v) is 17.6. The number of carbonyl (C=O) groups is 2. The van der Waals surface area contributed by atoms with Gasteiger partial charge in [0.25, 0.3) is 0 Å². The number of benzene rings is 1. The third-order valence-electron chi connectivity index (χ3n) is 6.25. The number of hydrogen-bond acceptors (Lipinski definition) is 7. The monoisotopic (exact) mass is 428 g/mol. The second kappa shape index (κ2) is 8.00. The highest BCUT2D eigenvalue weighted by Crippen LogP contribution is 2.41. The first-order valence-corrected chi connectivity index (χ1v) is 11.2. The number of rotatable bonds is 2. The van der Waals surface area contributed by atoms with Crippen LogP contribution in [-0.4, -0.2) is 60.3 Å². The van der Waals surface area contributed by atoms with E-state index in [4.69, 9.17) is 14.2 Å². The average Bonchev–Trinajstić information content (AvgIpc) is 3.20. The number of carbonyl (C=O) groups excluding carboxylic acids is 2. The first kappa shape index (κ1) is 19.5. The fraction of sp³-hybridized carbons (Fsp3) is 0.500. The number of thiazole rings is 1. The number of amides is 1. The van der Waals surface area contributed by atoms with Gasteiger partial charge < -0.3 is 19.1 Å². The van der Waals surface area contributed by atoms with Crippen molar-refractivity contribution >= 4 is 39.0 Å². The zero-order valence-electron chi connectivity index (χ0n) is 16.8. The van der Waals surface area contributed by atoms with Crippen LogP contribution < -0.4 is 0 Å². The second-order valence-electron chi connectivity index (χ2n) is 8.05. The number of morpholine rings is 1. The molecular weight excluding hydrogens is 404 g/mol. The minimum Gasteiger partial charge on any atom is -0.496 e. The lowest BCUT2D eigenvalue weighted by molar-refractivity contribution is -0.132. The van der Waals surface area contributed by atoms with E-state index in [0.717, 1.165) is 10.2 Å². The number of aromatic nitrogens is 1. The molecule has 3 heterocycles. The van der Waals surface area contributed by atoms with Gasteiger partial charge in [0.05, 0.1) is 41.2 Å². The van der Waals surface area contributed by atoms with Crippen molar-refractivity contribution in [3.05, 3.63) is 35.5 Å². The molecule has 1 aliphatic carbocycles. The summed E-state index contributed by atoms with van der Waals surface area (Å²) in [5.74, 6) is -0.216. The maximum absolute atomic E-state index is 13.2. The highest BCUT2D eigenvalue weighted by molar-refractivity contribution is 7.19. The summed E-state index contributed by atoms with van der Waals surface area (Å²) in [6.07, 6.45) is 2.00. The molecular formula is C22H24N2O5S. The van der Waals surface area contributed by atoms with Crippen LogP contribution in [-0.2, 0) is 19.0 Å². The smallest absolute Gasteiger partial charge is 0.410 e. The normalized spacial score (nSPS) is 29.2. The van der Waals surface area contributed by atoms with Crippen LogP contribution in [0.4, 0.5) is 4.79 Å². The Morgan fingerprint density at radius 3 is 2.83 bits per heavy atom. The van der Waals surface area contributed by atoms with Gasteiger partial charge in [0.2, 0.25) is 0 Å². The highest BCUT2D eigenvalue weighted by Gasteiger charge is 2.46. The van der Waals surface area contributed by atoms with E-state index >= 15 is 0 Å². The predicted molar refractivity (Wildman–Crippen MR) is 112 cm³/mol. The third kappa shape index (κ3) is 3.48. The number of para-hydroxylation sites is 1. The summed E-state index contributed by atoms with van der Waals surface area (Å²) in [5, 5.41) is 0.702. The molecule has 1 aromatic heterocycles. The molecule has 0 bridgehead atoms. The van der Waals surface area contributed by atoms with E-state index in [1.165, 1.54) is 11.3 Å². The molecule has 5 rings (SSSR count). The number of fused-ring (bicyclic) bond motifs is 2. The lowest BCUT2D eigenvalue weighted by atomic mass is 9.73. The molecule has 0 radical (unpaired) electrons. The molecule has 0 N–H and O–H groups in total. The first-order chi connectivity index (χ1) is 14.6. The van der Waals surface area contributed by atoms with E-state index in [-0.39, 0.29) is 35.9 Å². The number of nitrogens with zero attached hydrogens (tertiary/aromatic N) is 2. The van der Waals surface area contributed by atoms with Crippen LogP contribution in [0, 0.1) is 11.8 Å². The van der Waals surface area contributed by atoms with Crippen LogP contribution in [0.1, 0.15) is 24.8 Å². The van der Waals surface area contributed by atoms with Crippen LogP contribution in [0.15, 0.2) is 30.5 Å². The molecule has 2 aliphatic heterocycles. The Morgan fingerprint density at radius 1 is 1.23 bits per heavy atom. The van der Waals surface area contributed by atoms with Crippen LogP contribution in [0.2, 0.25) is 0 Å². The standard InChI is InChI=1S/C22H24N2O5S/c1-13-17(29-22(26)24-8-10-27-11-9-24)7-6-14-19(25)15(12-28-20(13)14)21-23-16-4-2-3-5-18(16)30-21/h2-5,12-14,17,20H,6-11H2,1H3. The fourth-order valence-electron chi connectivity index (χ4n) is 4.51. The molecule has 2 aromatic rings. The quantitative estimate of drug-likeness (QED) is 0.729. The zero-order chi connectivity index (χ0) is 20.7. The fourth-order valence-corrected chi connectivity index (χ4v) is 5.49.